The van der Waals surface area contributed by atoms with Gasteiger partial charge in [-0.05, 0) is 61.3 Å². The predicted molar refractivity (Wildman–Crippen MR) is 128 cm³/mol. The number of aliphatic imine (C=N–C) groups is 1. The van der Waals surface area contributed by atoms with Crippen molar-refractivity contribution in [2.24, 2.45) is 10.9 Å². The first-order valence-electron chi connectivity index (χ1n) is 12.0. The third-order valence-corrected chi connectivity index (χ3v) is 7.38. The van der Waals surface area contributed by atoms with Crippen molar-refractivity contribution in [1.29, 1.82) is 0 Å². The van der Waals surface area contributed by atoms with Crippen LogP contribution in [0.5, 0.6) is 0 Å². The monoisotopic (exact) mass is 564 g/mol. The number of hydrogen-bond donors (Lipinski definition) is 1. The van der Waals surface area contributed by atoms with Gasteiger partial charge < -0.3 is 15.0 Å². The number of benzene rings is 1. The molecule has 0 spiro atoms. The molecule has 4 rings (SSSR count). The van der Waals surface area contributed by atoms with Crippen LogP contribution in [0.2, 0.25) is 0 Å². The molecule has 0 bridgehead atoms. The topological polar surface area (TPSA) is 74.2 Å². The van der Waals surface area contributed by atoms with Gasteiger partial charge in [0.2, 0.25) is 5.91 Å². The number of amides is 2. The van der Waals surface area contributed by atoms with E-state index in [0.29, 0.717) is 69.0 Å². The lowest BCUT2D eigenvalue weighted by atomic mass is 9.95. The maximum absolute atomic E-state index is 13.5. The quantitative estimate of drug-likeness (QED) is 0.530. The van der Waals surface area contributed by atoms with Crippen LogP contribution >= 0.6 is 11.8 Å². The molecule has 3 aliphatic heterocycles. The van der Waals surface area contributed by atoms with Gasteiger partial charge in [-0.3, -0.25) is 14.5 Å². The van der Waals surface area contributed by atoms with Crippen molar-refractivity contribution in [3.05, 3.63) is 45.9 Å². The van der Waals surface area contributed by atoms with Crippen molar-refractivity contribution in [2.75, 3.05) is 45.9 Å². The number of rotatable bonds is 5. The number of thioether (sulfide) groups is 1. The summed E-state index contributed by atoms with van der Waals surface area (Å²) >= 11 is 0.947. The minimum atomic E-state index is -4.91. The first-order valence-corrected chi connectivity index (χ1v) is 12.8. The summed E-state index contributed by atoms with van der Waals surface area (Å²) in [6.45, 7) is 2.67. The summed E-state index contributed by atoms with van der Waals surface area (Å²) < 4.78 is 84.5. The fraction of sp³-hybridized carbons (Fsp3) is 0.542. The van der Waals surface area contributed by atoms with Crippen molar-refractivity contribution < 1.29 is 40.7 Å². The second-order valence-corrected chi connectivity index (χ2v) is 10.2. The minimum Gasteiger partial charge on any atom is -0.378 e. The summed E-state index contributed by atoms with van der Waals surface area (Å²) in [7, 11) is 0. The zero-order valence-corrected chi connectivity index (χ0v) is 21.0. The molecule has 14 heteroatoms. The highest BCUT2D eigenvalue weighted by Gasteiger charge is 2.38. The molecule has 3 heterocycles. The number of halogens is 6. The molecule has 1 aromatic rings. The van der Waals surface area contributed by atoms with Crippen molar-refractivity contribution in [3.63, 3.8) is 0 Å². The molecule has 1 N–H and O–H groups in total. The molecule has 7 nitrogen and oxygen atoms in total. The average molecular weight is 565 g/mol. The number of hydrogen-bond acceptors (Lipinski definition) is 6. The fourth-order valence-corrected chi connectivity index (χ4v) is 5.32. The van der Waals surface area contributed by atoms with Crippen molar-refractivity contribution >= 4 is 28.7 Å². The lowest BCUT2D eigenvalue weighted by Crippen LogP contribution is -2.45. The van der Waals surface area contributed by atoms with Gasteiger partial charge in [0.15, 0.2) is 0 Å². The van der Waals surface area contributed by atoms with Gasteiger partial charge >= 0.3 is 17.6 Å². The van der Waals surface area contributed by atoms with Gasteiger partial charge in [-0.15, -0.1) is 0 Å². The Kier molecular flexibility index (Phi) is 8.72. The highest BCUT2D eigenvalue weighted by atomic mass is 32.2. The summed E-state index contributed by atoms with van der Waals surface area (Å²) in [6, 6.07) is 1.74. The van der Waals surface area contributed by atoms with Gasteiger partial charge in [0, 0.05) is 19.6 Å². The van der Waals surface area contributed by atoms with E-state index in [1.54, 1.807) is 9.80 Å². The number of amidine groups is 1. The normalized spacial score (nSPS) is 21.2. The molecule has 0 radical (unpaired) electrons. The Morgan fingerprint density at radius 1 is 1.08 bits per heavy atom. The molecular weight excluding hydrogens is 538 g/mol. The molecule has 0 aliphatic carbocycles. The largest absolute Gasteiger partial charge is 0.416 e. The molecule has 1 aromatic carbocycles. The number of nitrogens with one attached hydrogen (secondary N) is 1. The molecule has 0 unspecified atom stereocenters. The molecule has 2 fully saturated rings. The molecule has 38 heavy (non-hydrogen) atoms. The zero-order valence-electron chi connectivity index (χ0n) is 20.2. The van der Waals surface area contributed by atoms with E-state index in [0.717, 1.165) is 17.8 Å². The Labute approximate surface area is 219 Å². The van der Waals surface area contributed by atoms with Crippen LogP contribution < -0.4 is 5.32 Å². The third-order valence-electron chi connectivity index (χ3n) is 6.56. The van der Waals surface area contributed by atoms with Crippen LogP contribution in [0.1, 0.15) is 29.5 Å². The van der Waals surface area contributed by atoms with Gasteiger partial charge in [-0.2, -0.15) is 31.3 Å². The molecule has 0 saturated carbocycles. The van der Waals surface area contributed by atoms with E-state index in [-0.39, 0.29) is 36.5 Å². The lowest BCUT2D eigenvalue weighted by molar-refractivity contribution is -0.143. The minimum absolute atomic E-state index is 0.0167. The number of carbonyl (C=O) groups excluding carboxylic acids is 2. The van der Waals surface area contributed by atoms with E-state index in [9.17, 15) is 35.9 Å². The summed E-state index contributed by atoms with van der Waals surface area (Å²) in [5.74, 6) is 0.217. The Hall–Kier alpha value is -2.58. The smallest absolute Gasteiger partial charge is 0.378 e. The van der Waals surface area contributed by atoms with Gasteiger partial charge in [-0.1, -0.05) is 12.1 Å². The van der Waals surface area contributed by atoms with Crippen LogP contribution in [0, 0.1) is 5.92 Å². The van der Waals surface area contributed by atoms with Crippen LogP contribution in [-0.2, 0) is 28.4 Å². The average Bonchev–Trinajstić information content (AvgIpc) is 3.21. The standard InChI is InChI=1S/C24H26F6N4O3S/c25-23(26,27)17-2-1-16(18(12-17)24(28,29)30)14-33-5-3-15(4-6-33)11-19-21(32-22(36)38-19)31-13-20(35)34-7-9-37-10-8-34/h1-2,11-12,15H,3-10,13-14H2,(H,31,32,36). The van der Waals surface area contributed by atoms with Crippen LogP contribution in [0.4, 0.5) is 31.1 Å². The number of piperidine rings is 1. The summed E-state index contributed by atoms with van der Waals surface area (Å²) in [5.41, 5.74) is -2.82. The Balaban J connectivity index is 1.34. The molecule has 0 aromatic heterocycles. The Morgan fingerprint density at radius 3 is 2.39 bits per heavy atom. The van der Waals surface area contributed by atoms with E-state index >= 15 is 0 Å². The van der Waals surface area contributed by atoms with Crippen molar-refractivity contribution in [1.82, 2.24) is 15.1 Å². The lowest BCUT2D eigenvalue weighted by Gasteiger charge is -2.31. The van der Waals surface area contributed by atoms with Gasteiger partial charge in [0.1, 0.15) is 5.84 Å². The van der Waals surface area contributed by atoms with Crippen LogP contribution in [0.3, 0.4) is 0 Å². The van der Waals surface area contributed by atoms with Gasteiger partial charge in [0.05, 0.1) is 35.8 Å². The SMILES string of the molecule is O=C1N=C(NCC(=O)N2CCOCC2)C(=CC2CCN(Cc3ccc(C(F)(F)F)cc3C(F)(F)F)CC2)S1. The Bertz CT molecular complexity index is 1110. The van der Waals surface area contributed by atoms with Gasteiger partial charge in [0.25, 0.3) is 0 Å². The van der Waals surface area contributed by atoms with E-state index in [1.807, 2.05) is 6.08 Å². The molecule has 2 amide bonds. The number of alkyl halides is 6. The predicted octanol–water partition coefficient (Wildman–Crippen LogP) is 4.53. The number of morpholine rings is 1. The van der Waals surface area contributed by atoms with E-state index in [4.69, 9.17) is 4.74 Å². The maximum atomic E-state index is 13.5. The zero-order chi connectivity index (χ0) is 27.5. The first kappa shape index (κ1) is 28.4. The van der Waals surface area contributed by atoms with E-state index in [1.165, 1.54) is 0 Å². The molecule has 2 saturated heterocycles. The van der Waals surface area contributed by atoms with E-state index in [2.05, 4.69) is 10.3 Å². The van der Waals surface area contributed by atoms with Crippen molar-refractivity contribution in [2.45, 2.75) is 31.7 Å². The molecule has 0 atom stereocenters. The van der Waals surface area contributed by atoms with Crippen LogP contribution in [0.25, 0.3) is 0 Å². The second-order valence-electron chi connectivity index (χ2n) is 9.19. The third kappa shape index (κ3) is 7.29. The molecular formula is C24H26F6N4O3S. The Morgan fingerprint density at radius 2 is 1.76 bits per heavy atom. The maximum Gasteiger partial charge on any atom is 0.416 e. The number of carbonyl (C=O) groups is 2. The van der Waals surface area contributed by atoms with Gasteiger partial charge in [-0.25, -0.2) is 0 Å². The van der Waals surface area contributed by atoms with Crippen molar-refractivity contribution in [3.8, 4) is 0 Å². The number of likely N-dealkylation sites (tertiary alicyclic amines) is 1. The number of ether oxygens (including phenoxy) is 1. The summed E-state index contributed by atoms with van der Waals surface area (Å²) in [4.78, 5) is 32.3. The summed E-state index contributed by atoms with van der Waals surface area (Å²) in [5, 5.41) is 2.53. The first-order chi connectivity index (χ1) is 17.9. The van der Waals surface area contributed by atoms with E-state index < -0.39 is 28.7 Å². The highest BCUT2D eigenvalue weighted by Crippen LogP contribution is 2.38. The van der Waals surface area contributed by atoms with Crippen LogP contribution in [-0.4, -0.2) is 72.7 Å². The number of nitrogens with zero attached hydrogens (tertiary/aromatic N) is 3. The van der Waals surface area contributed by atoms with Crippen LogP contribution in [0.15, 0.2) is 34.2 Å². The fourth-order valence-electron chi connectivity index (χ4n) is 4.52. The summed E-state index contributed by atoms with van der Waals surface area (Å²) in [6.07, 6.45) is -6.72. The number of allylic oxidation sites excluding steroid dienone is 1. The second kappa shape index (κ2) is 11.7. The molecule has 208 valence electrons. The highest BCUT2D eigenvalue weighted by molar-refractivity contribution is 8.18. The molecule has 3 aliphatic rings.